The number of fused-ring (bicyclic) bond motifs is 1. The van der Waals surface area contributed by atoms with Crippen molar-refractivity contribution in [2.45, 2.75) is 32.4 Å². The molecular weight excluding hydrogens is 434 g/mol. The van der Waals surface area contributed by atoms with Gasteiger partial charge in [-0.2, -0.15) is 10.4 Å². The van der Waals surface area contributed by atoms with Crippen LogP contribution in [-0.2, 0) is 16.9 Å². The number of rotatable bonds is 4. The maximum absolute atomic E-state index is 13.6. The monoisotopic (exact) mass is 457 g/mol. The number of carbonyl (C=O) groups excluding carboxylic acids is 2. The lowest BCUT2D eigenvalue weighted by Crippen LogP contribution is -2.40. The van der Waals surface area contributed by atoms with Crippen LogP contribution in [0.25, 0.3) is 5.69 Å². The van der Waals surface area contributed by atoms with Crippen LogP contribution in [0.1, 0.15) is 35.9 Å². The molecule has 1 atom stereocenters. The predicted molar refractivity (Wildman–Crippen MR) is 121 cm³/mol. The van der Waals surface area contributed by atoms with Gasteiger partial charge in [-0.15, -0.1) is 0 Å². The minimum Gasteiger partial charge on any atom is -0.490 e. The lowest BCUT2D eigenvalue weighted by Gasteiger charge is -2.23. The number of aromatic nitrogens is 2. The van der Waals surface area contributed by atoms with Crippen LogP contribution in [0.5, 0.6) is 11.5 Å². The summed E-state index contributed by atoms with van der Waals surface area (Å²) in [5, 5.41) is 17.1. The molecule has 1 aromatic heterocycles. The first-order chi connectivity index (χ1) is 16.4. The van der Waals surface area contributed by atoms with Gasteiger partial charge in [0.15, 0.2) is 11.5 Å². The van der Waals surface area contributed by atoms with E-state index in [2.05, 4.69) is 16.5 Å². The topological polar surface area (TPSA) is 109 Å². The van der Waals surface area contributed by atoms with Crippen LogP contribution in [0, 0.1) is 18.3 Å². The Balaban J connectivity index is 1.50. The van der Waals surface area contributed by atoms with Crippen molar-refractivity contribution in [3.8, 4) is 23.3 Å². The normalized spacial score (nSPS) is 19.5. The summed E-state index contributed by atoms with van der Waals surface area (Å²) < 4.78 is 13.1. The van der Waals surface area contributed by atoms with Gasteiger partial charge in [-0.1, -0.05) is 24.3 Å². The predicted octanol–water partition coefficient (Wildman–Crippen LogP) is 3.18. The van der Waals surface area contributed by atoms with Gasteiger partial charge in [0, 0.05) is 6.42 Å². The molecule has 9 heteroatoms. The molecule has 2 aromatic carbocycles. The molecule has 172 valence electrons. The van der Waals surface area contributed by atoms with Crippen LogP contribution in [-0.4, -0.2) is 39.8 Å². The summed E-state index contributed by atoms with van der Waals surface area (Å²) >= 11 is 0. The van der Waals surface area contributed by atoms with Crippen molar-refractivity contribution >= 4 is 11.9 Å². The number of amides is 3. The van der Waals surface area contributed by atoms with E-state index >= 15 is 0 Å². The fourth-order valence-electron chi connectivity index (χ4n) is 4.31. The van der Waals surface area contributed by atoms with Crippen LogP contribution in [0.2, 0.25) is 0 Å². The smallest absolute Gasteiger partial charge is 0.325 e. The van der Waals surface area contributed by atoms with E-state index in [0.29, 0.717) is 47.2 Å². The van der Waals surface area contributed by atoms with Crippen molar-refractivity contribution in [2.75, 3.05) is 13.2 Å². The molecular formula is C25H23N5O4. The van der Waals surface area contributed by atoms with E-state index in [9.17, 15) is 14.9 Å². The largest absolute Gasteiger partial charge is 0.490 e. The van der Waals surface area contributed by atoms with Crippen LogP contribution in [0.4, 0.5) is 4.79 Å². The van der Waals surface area contributed by atoms with Crippen molar-refractivity contribution in [1.29, 1.82) is 5.26 Å². The number of nitriles is 1. The summed E-state index contributed by atoms with van der Waals surface area (Å²) in [7, 11) is 0. The summed E-state index contributed by atoms with van der Waals surface area (Å²) in [5.74, 6) is 0.731. The third kappa shape index (κ3) is 3.44. The summed E-state index contributed by atoms with van der Waals surface area (Å²) in [4.78, 5) is 27.7. The summed E-state index contributed by atoms with van der Waals surface area (Å²) in [6, 6.07) is 16.2. The number of hydrogen-bond donors (Lipinski definition) is 1. The average molecular weight is 457 g/mol. The average Bonchev–Trinajstić information content (AvgIpc) is 3.13. The van der Waals surface area contributed by atoms with Gasteiger partial charge in [0.2, 0.25) is 0 Å². The first kappa shape index (κ1) is 21.5. The molecule has 3 amide bonds. The van der Waals surface area contributed by atoms with E-state index in [0.717, 1.165) is 17.0 Å². The first-order valence-corrected chi connectivity index (χ1v) is 11.0. The Morgan fingerprint density at radius 3 is 2.59 bits per heavy atom. The summed E-state index contributed by atoms with van der Waals surface area (Å²) in [6.45, 7) is 4.37. The van der Waals surface area contributed by atoms with Gasteiger partial charge in [0.1, 0.15) is 11.6 Å². The quantitative estimate of drug-likeness (QED) is 0.603. The Hall–Kier alpha value is -4.32. The fourth-order valence-corrected chi connectivity index (χ4v) is 4.31. The van der Waals surface area contributed by atoms with E-state index in [-0.39, 0.29) is 6.54 Å². The maximum Gasteiger partial charge on any atom is 0.325 e. The van der Waals surface area contributed by atoms with Crippen LogP contribution < -0.4 is 14.8 Å². The van der Waals surface area contributed by atoms with E-state index in [4.69, 9.17) is 9.47 Å². The number of hydrogen-bond acceptors (Lipinski definition) is 6. The van der Waals surface area contributed by atoms with E-state index in [1.165, 1.54) is 0 Å². The molecule has 9 nitrogen and oxygen atoms in total. The summed E-state index contributed by atoms with van der Waals surface area (Å²) in [5.41, 5.74) is 1.37. The number of para-hydroxylation sites is 1. The zero-order valence-electron chi connectivity index (χ0n) is 18.9. The van der Waals surface area contributed by atoms with Gasteiger partial charge in [-0.25, -0.2) is 9.48 Å². The maximum atomic E-state index is 13.6. The number of carbonyl (C=O) groups is 2. The molecule has 1 saturated heterocycles. The minimum absolute atomic E-state index is 0.0938. The first-order valence-electron chi connectivity index (χ1n) is 11.0. The Kier molecular flexibility index (Phi) is 5.21. The Bertz CT molecular complexity index is 1330. The number of aryl methyl sites for hydroxylation is 1. The minimum atomic E-state index is -1.29. The van der Waals surface area contributed by atoms with Crippen molar-refractivity contribution in [3.63, 3.8) is 0 Å². The lowest BCUT2D eigenvalue weighted by molar-refractivity contribution is -0.131. The van der Waals surface area contributed by atoms with Crippen LogP contribution in [0.3, 0.4) is 0 Å². The molecule has 0 radical (unpaired) electrons. The zero-order valence-corrected chi connectivity index (χ0v) is 18.9. The molecule has 1 N–H and O–H groups in total. The van der Waals surface area contributed by atoms with Gasteiger partial charge in [0.05, 0.1) is 42.4 Å². The molecule has 2 aliphatic heterocycles. The van der Waals surface area contributed by atoms with Gasteiger partial charge in [-0.05, 0) is 43.7 Å². The Labute approximate surface area is 196 Å². The van der Waals surface area contributed by atoms with Crippen LogP contribution in [0.15, 0.2) is 48.5 Å². The van der Waals surface area contributed by atoms with Crippen LogP contribution >= 0.6 is 0 Å². The highest BCUT2D eigenvalue weighted by Crippen LogP contribution is 2.37. The second-order valence-corrected chi connectivity index (χ2v) is 8.42. The SMILES string of the molecule is Cc1nn(-c2ccccc2)c(CN2C(=O)NC(C)(c3ccc4c(c3)OCCCO4)C2=O)c1C#N. The molecule has 0 bridgehead atoms. The molecule has 5 rings (SSSR count). The van der Waals surface area contributed by atoms with Crippen molar-refractivity contribution in [2.24, 2.45) is 0 Å². The molecule has 1 unspecified atom stereocenters. The second-order valence-electron chi connectivity index (χ2n) is 8.42. The van der Waals surface area contributed by atoms with Crippen molar-refractivity contribution < 1.29 is 19.1 Å². The van der Waals surface area contributed by atoms with Gasteiger partial charge < -0.3 is 14.8 Å². The Morgan fingerprint density at radius 1 is 1.12 bits per heavy atom. The van der Waals surface area contributed by atoms with Gasteiger partial charge in [-0.3, -0.25) is 9.69 Å². The molecule has 0 spiro atoms. The molecule has 3 aromatic rings. The van der Waals surface area contributed by atoms with Gasteiger partial charge in [0.25, 0.3) is 5.91 Å². The van der Waals surface area contributed by atoms with Crippen molar-refractivity contribution in [1.82, 2.24) is 20.0 Å². The highest BCUT2D eigenvalue weighted by Gasteiger charge is 2.49. The lowest BCUT2D eigenvalue weighted by atomic mass is 9.91. The van der Waals surface area contributed by atoms with E-state index < -0.39 is 17.5 Å². The van der Waals surface area contributed by atoms with E-state index in [1.54, 1.807) is 36.7 Å². The zero-order chi connectivity index (χ0) is 23.9. The molecule has 34 heavy (non-hydrogen) atoms. The number of benzene rings is 2. The molecule has 2 aliphatic rings. The van der Waals surface area contributed by atoms with E-state index in [1.807, 2.05) is 30.3 Å². The number of ether oxygens (including phenoxy) is 2. The highest BCUT2D eigenvalue weighted by molar-refractivity contribution is 6.07. The standard InChI is InChI=1S/C25H23N5O4/c1-16-19(14-26)20(30(28-16)18-7-4-3-5-8-18)15-29-23(31)25(2,27-24(29)32)17-9-10-21-22(13-17)34-12-6-11-33-21/h3-5,7-10,13H,6,11-12,15H2,1-2H3,(H,27,32). The Morgan fingerprint density at radius 2 is 1.85 bits per heavy atom. The molecule has 0 saturated carbocycles. The third-order valence-corrected chi connectivity index (χ3v) is 6.18. The number of nitrogens with zero attached hydrogens (tertiary/aromatic N) is 4. The number of urea groups is 1. The second kappa shape index (κ2) is 8.23. The molecule has 0 aliphatic carbocycles. The number of imide groups is 1. The van der Waals surface area contributed by atoms with Gasteiger partial charge >= 0.3 is 6.03 Å². The van der Waals surface area contributed by atoms with Crippen molar-refractivity contribution in [3.05, 3.63) is 71.0 Å². The summed E-state index contributed by atoms with van der Waals surface area (Å²) in [6.07, 6.45) is 0.764. The number of nitrogens with one attached hydrogen (secondary N) is 1. The third-order valence-electron chi connectivity index (χ3n) is 6.18. The molecule has 3 heterocycles. The fraction of sp³-hybridized carbons (Fsp3) is 0.280. The highest BCUT2D eigenvalue weighted by atomic mass is 16.5. The molecule has 1 fully saturated rings.